The molecule has 3 rings (SSSR count). The van der Waals surface area contributed by atoms with Crippen molar-refractivity contribution in [1.29, 1.82) is 0 Å². The predicted molar refractivity (Wildman–Crippen MR) is 73.0 cm³/mol. The molecule has 0 atom stereocenters. The van der Waals surface area contributed by atoms with Gasteiger partial charge in [0.25, 0.3) is 5.91 Å². The Morgan fingerprint density at radius 2 is 2.06 bits per heavy atom. The first-order chi connectivity index (χ1) is 8.84. The monoisotopic (exact) mass is 244 g/mol. The number of anilines is 1. The van der Waals surface area contributed by atoms with E-state index in [9.17, 15) is 4.79 Å². The number of fused-ring (bicyclic) bond motifs is 1. The van der Waals surface area contributed by atoms with E-state index in [2.05, 4.69) is 16.7 Å². The molecule has 18 heavy (non-hydrogen) atoms. The second-order valence-electron chi connectivity index (χ2n) is 5.32. The summed E-state index contributed by atoms with van der Waals surface area (Å²) < 4.78 is 0. The van der Waals surface area contributed by atoms with E-state index in [1.807, 2.05) is 12.1 Å². The van der Waals surface area contributed by atoms with Gasteiger partial charge in [-0.1, -0.05) is 18.9 Å². The SMILES string of the molecule is O=C(NC1CCCC1)c1cccc2c1CCCN2. The number of carbonyl (C=O) groups is 1. The minimum atomic E-state index is 0.113. The molecular formula is C15H20N2O. The molecule has 1 aromatic rings. The van der Waals surface area contributed by atoms with Crippen LogP contribution >= 0.6 is 0 Å². The molecule has 0 saturated heterocycles. The molecule has 0 unspecified atom stereocenters. The summed E-state index contributed by atoms with van der Waals surface area (Å²) in [7, 11) is 0. The molecule has 0 spiro atoms. The second-order valence-corrected chi connectivity index (χ2v) is 5.32. The fourth-order valence-electron chi connectivity index (χ4n) is 3.06. The highest BCUT2D eigenvalue weighted by atomic mass is 16.1. The Labute approximate surface area is 108 Å². The van der Waals surface area contributed by atoms with Crippen molar-refractivity contribution in [3.8, 4) is 0 Å². The molecule has 1 aromatic carbocycles. The van der Waals surface area contributed by atoms with Gasteiger partial charge >= 0.3 is 0 Å². The Bertz CT molecular complexity index is 450. The molecule has 0 bridgehead atoms. The first-order valence-corrected chi connectivity index (χ1v) is 7.01. The van der Waals surface area contributed by atoms with Crippen molar-refractivity contribution >= 4 is 11.6 Å². The minimum Gasteiger partial charge on any atom is -0.385 e. The smallest absolute Gasteiger partial charge is 0.251 e. The highest BCUT2D eigenvalue weighted by molar-refractivity contribution is 5.97. The number of benzene rings is 1. The molecule has 3 heteroatoms. The van der Waals surface area contributed by atoms with Gasteiger partial charge in [-0.2, -0.15) is 0 Å². The Hall–Kier alpha value is -1.51. The van der Waals surface area contributed by atoms with Gasteiger partial charge < -0.3 is 10.6 Å². The number of hydrogen-bond acceptors (Lipinski definition) is 2. The summed E-state index contributed by atoms with van der Waals surface area (Å²) in [5.74, 6) is 0.113. The Balaban J connectivity index is 1.80. The van der Waals surface area contributed by atoms with Crippen LogP contribution in [0.25, 0.3) is 0 Å². The van der Waals surface area contributed by atoms with Gasteiger partial charge in [-0.25, -0.2) is 0 Å². The number of carbonyl (C=O) groups excluding carboxylic acids is 1. The van der Waals surface area contributed by atoms with Gasteiger partial charge in [0.15, 0.2) is 0 Å². The van der Waals surface area contributed by atoms with Crippen molar-refractivity contribution in [2.45, 2.75) is 44.6 Å². The number of rotatable bonds is 2. The van der Waals surface area contributed by atoms with Gasteiger partial charge in [0.05, 0.1) is 0 Å². The normalized spacial score (nSPS) is 19.1. The van der Waals surface area contributed by atoms with E-state index in [4.69, 9.17) is 0 Å². The van der Waals surface area contributed by atoms with E-state index < -0.39 is 0 Å². The number of hydrogen-bond donors (Lipinski definition) is 2. The van der Waals surface area contributed by atoms with Crippen LogP contribution in [0.1, 0.15) is 48.0 Å². The van der Waals surface area contributed by atoms with Gasteiger partial charge in [0.1, 0.15) is 0 Å². The van der Waals surface area contributed by atoms with Gasteiger partial charge in [-0.05, 0) is 43.4 Å². The number of nitrogens with one attached hydrogen (secondary N) is 2. The average molecular weight is 244 g/mol. The van der Waals surface area contributed by atoms with Gasteiger partial charge in [-0.3, -0.25) is 4.79 Å². The van der Waals surface area contributed by atoms with Crippen LogP contribution in [0.4, 0.5) is 5.69 Å². The largest absolute Gasteiger partial charge is 0.385 e. The second kappa shape index (κ2) is 5.01. The molecule has 0 radical (unpaired) electrons. The zero-order chi connectivity index (χ0) is 12.4. The van der Waals surface area contributed by atoms with Gasteiger partial charge in [0.2, 0.25) is 0 Å². The van der Waals surface area contributed by atoms with E-state index in [1.165, 1.54) is 18.4 Å². The average Bonchev–Trinajstić information content (AvgIpc) is 2.91. The quantitative estimate of drug-likeness (QED) is 0.840. The summed E-state index contributed by atoms with van der Waals surface area (Å²) in [6, 6.07) is 6.39. The topological polar surface area (TPSA) is 41.1 Å². The maximum Gasteiger partial charge on any atom is 0.251 e. The zero-order valence-electron chi connectivity index (χ0n) is 10.7. The fraction of sp³-hybridized carbons (Fsp3) is 0.533. The first kappa shape index (κ1) is 11.6. The van der Waals surface area contributed by atoms with Gasteiger partial charge in [0, 0.05) is 23.8 Å². The van der Waals surface area contributed by atoms with Crippen LogP contribution in [0.15, 0.2) is 18.2 Å². The zero-order valence-corrected chi connectivity index (χ0v) is 10.7. The van der Waals surface area contributed by atoms with Crippen molar-refractivity contribution in [2.75, 3.05) is 11.9 Å². The third-order valence-corrected chi connectivity index (χ3v) is 4.03. The van der Waals surface area contributed by atoms with Crippen molar-refractivity contribution in [3.05, 3.63) is 29.3 Å². The molecule has 2 aliphatic rings. The lowest BCUT2D eigenvalue weighted by Gasteiger charge is -2.21. The Morgan fingerprint density at radius 1 is 1.22 bits per heavy atom. The van der Waals surface area contributed by atoms with Crippen LogP contribution in [0.5, 0.6) is 0 Å². The van der Waals surface area contributed by atoms with Crippen LogP contribution in [-0.4, -0.2) is 18.5 Å². The van der Waals surface area contributed by atoms with E-state index in [1.54, 1.807) is 0 Å². The third-order valence-electron chi connectivity index (χ3n) is 4.03. The molecule has 1 saturated carbocycles. The standard InChI is InChI=1S/C15H20N2O/c18-15(17-11-5-1-2-6-11)13-7-3-9-14-12(13)8-4-10-16-14/h3,7,9,11,16H,1-2,4-6,8,10H2,(H,17,18). The van der Waals surface area contributed by atoms with Crippen LogP contribution in [-0.2, 0) is 6.42 Å². The molecule has 2 N–H and O–H groups in total. The summed E-state index contributed by atoms with van der Waals surface area (Å²) in [5.41, 5.74) is 3.20. The third kappa shape index (κ3) is 2.22. The molecule has 3 nitrogen and oxygen atoms in total. The van der Waals surface area contributed by atoms with Crippen molar-refractivity contribution < 1.29 is 4.79 Å². The van der Waals surface area contributed by atoms with Gasteiger partial charge in [-0.15, -0.1) is 0 Å². The maximum atomic E-state index is 12.3. The van der Waals surface area contributed by atoms with Crippen molar-refractivity contribution in [3.63, 3.8) is 0 Å². The highest BCUT2D eigenvalue weighted by Gasteiger charge is 2.21. The Morgan fingerprint density at radius 3 is 2.89 bits per heavy atom. The minimum absolute atomic E-state index is 0.113. The van der Waals surface area contributed by atoms with E-state index in [0.29, 0.717) is 6.04 Å². The molecule has 1 aliphatic heterocycles. The molecule has 0 aromatic heterocycles. The Kier molecular flexibility index (Phi) is 3.22. The lowest BCUT2D eigenvalue weighted by molar-refractivity contribution is 0.0937. The first-order valence-electron chi connectivity index (χ1n) is 7.01. The lowest BCUT2D eigenvalue weighted by atomic mass is 9.97. The molecule has 1 heterocycles. The van der Waals surface area contributed by atoms with Crippen LogP contribution in [0, 0.1) is 0 Å². The summed E-state index contributed by atoms with van der Waals surface area (Å²) in [5, 5.41) is 6.55. The molecule has 96 valence electrons. The number of amides is 1. The van der Waals surface area contributed by atoms with Crippen LogP contribution in [0.2, 0.25) is 0 Å². The highest BCUT2D eigenvalue weighted by Crippen LogP contribution is 2.26. The summed E-state index contributed by atoms with van der Waals surface area (Å²) in [6.45, 7) is 1.01. The summed E-state index contributed by atoms with van der Waals surface area (Å²) in [6.07, 6.45) is 6.90. The predicted octanol–water partition coefficient (Wildman–Crippen LogP) is 2.72. The molecular weight excluding hydrogens is 224 g/mol. The van der Waals surface area contributed by atoms with Crippen LogP contribution < -0.4 is 10.6 Å². The maximum absolute atomic E-state index is 12.3. The van der Waals surface area contributed by atoms with Crippen molar-refractivity contribution in [2.24, 2.45) is 0 Å². The summed E-state index contributed by atoms with van der Waals surface area (Å²) in [4.78, 5) is 12.3. The summed E-state index contributed by atoms with van der Waals surface area (Å²) >= 11 is 0. The lowest BCUT2D eigenvalue weighted by Crippen LogP contribution is -2.33. The van der Waals surface area contributed by atoms with E-state index >= 15 is 0 Å². The fourth-order valence-corrected chi connectivity index (χ4v) is 3.06. The molecule has 1 aliphatic carbocycles. The van der Waals surface area contributed by atoms with E-state index in [0.717, 1.165) is 43.5 Å². The van der Waals surface area contributed by atoms with Crippen LogP contribution in [0.3, 0.4) is 0 Å². The molecule has 1 fully saturated rings. The van der Waals surface area contributed by atoms with Crippen molar-refractivity contribution in [1.82, 2.24) is 5.32 Å². The van der Waals surface area contributed by atoms with E-state index in [-0.39, 0.29) is 5.91 Å². The molecule has 1 amide bonds.